The van der Waals surface area contributed by atoms with E-state index < -0.39 is 0 Å². The van der Waals surface area contributed by atoms with Crippen LogP contribution in [0.25, 0.3) is 10.8 Å². The molecule has 1 saturated carbocycles. The zero-order valence-corrected chi connectivity index (χ0v) is 19.3. The molecule has 0 amide bonds. The first-order valence-corrected chi connectivity index (χ1v) is 11.5. The van der Waals surface area contributed by atoms with E-state index in [0.717, 1.165) is 50.0 Å². The lowest BCUT2D eigenvalue weighted by Crippen LogP contribution is -2.64. The SMILES string of the molecule is Cn1ccc2c(OC3CC4(C3)CN(CCCn3nccc(Cl)c3=O)C4)ccc(Cl)c2c1=O. The molecule has 1 spiro atoms. The van der Waals surface area contributed by atoms with Gasteiger partial charge in [-0.2, -0.15) is 5.10 Å². The highest BCUT2D eigenvalue weighted by Gasteiger charge is 2.53. The van der Waals surface area contributed by atoms with Crippen molar-refractivity contribution in [2.45, 2.75) is 31.9 Å². The number of fused-ring (bicyclic) bond motifs is 1. The van der Waals surface area contributed by atoms with Gasteiger partial charge in [-0.25, -0.2) is 4.68 Å². The van der Waals surface area contributed by atoms with Crippen molar-refractivity contribution < 1.29 is 4.74 Å². The number of rotatable bonds is 6. The molecule has 0 atom stereocenters. The molecule has 0 unspecified atom stereocenters. The molecule has 1 aromatic carbocycles. The second kappa shape index (κ2) is 8.21. The highest BCUT2D eigenvalue weighted by atomic mass is 35.5. The summed E-state index contributed by atoms with van der Waals surface area (Å²) in [5.41, 5.74) is -0.0255. The number of pyridine rings is 1. The number of aryl methyl sites for hydroxylation is 2. The summed E-state index contributed by atoms with van der Waals surface area (Å²) in [6.45, 7) is 3.59. The van der Waals surface area contributed by atoms with Gasteiger partial charge in [-0.1, -0.05) is 23.2 Å². The van der Waals surface area contributed by atoms with Gasteiger partial charge in [0.15, 0.2) is 0 Å². The van der Waals surface area contributed by atoms with Crippen molar-refractivity contribution in [2.24, 2.45) is 12.5 Å². The van der Waals surface area contributed by atoms with E-state index >= 15 is 0 Å². The Kier molecular flexibility index (Phi) is 5.51. The molecule has 9 heteroatoms. The average molecular weight is 475 g/mol. The highest BCUT2D eigenvalue weighted by Crippen LogP contribution is 2.50. The monoisotopic (exact) mass is 474 g/mol. The Hall–Kier alpha value is -2.35. The largest absolute Gasteiger partial charge is 0.490 e. The Morgan fingerprint density at radius 3 is 2.62 bits per heavy atom. The van der Waals surface area contributed by atoms with E-state index in [2.05, 4.69) is 10.00 Å². The third-order valence-electron chi connectivity index (χ3n) is 6.60. The van der Waals surface area contributed by atoms with Gasteiger partial charge in [0.1, 0.15) is 10.8 Å². The molecule has 1 saturated heterocycles. The molecule has 3 aromatic rings. The predicted octanol–water partition coefficient (Wildman–Crippen LogP) is 3.34. The summed E-state index contributed by atoms with van der Waals surface area (Å²) in [4.78, 5) is 26.8. The van der Waals surface area contributed by atoms with Crippen molar-refractivity contribution >= 4 is 34.0 Å². The van der Waals surface area contributed by atoms with Crippen LogP contribution in [0.1, 0.15) is 19.3 Å². The molecular formula is C23H24Cl2N4O3. The molecular weight excluding hydrogens is 451 g/mol. The van der Waals surface area contributed by atoms with Crippen molar-refractivity contribution in [2.75, 3.05) is 19.6 Å². The van der Waals surface area contributed by atoms with E-state index in [9.17, 15) is 9.59 Å². The van der Waals surface area contributed by atoms with Crippen molar-refractivity contribution in [1.82, 2.24) is 19.2 Å². The zero-order chi connectivity index (χ0) is 22.5. The Labute approximate surface area is 195 Å². The van der Waals surface area contributed by atoms with Crippen LogP contribution in [0.3, 0.4) is 0 Å². The third kappa shape index (κ3) is 3.83. The van der Waals surface area contributed by atoms with Crippen LogP contribution in [-0.2, 0) is 13.6 Å². The molecule has 2 aliphatic rings. The van der Waals surface area contributed by atoms with Crippen LogP contribution in [-0.4, -0.2) is 45.0 Å². The maximum Gasteiger partial charge on any atom is 0.285 e. The highest BCUT2D eigenvalue weighted by molar-refractivity contribution is 6.35. The van der Waals surface area contributed by atoms with Gasteiger partial charge >= 0.3 is 0 Å². The number of aromatic nitrogens is 3. The molecule has 168 valence electrons. The minimum atomic E-state index is -0.235. The summed E-state index contributed by atoms with van der Waals surface area (Å²) in [7, 11) is 1.72. The van der Waals surface area contributed by atoms with Gasteiger partial charge < -0.3 is 14.2 Å². The summed E-state index contributed by atoms with van der Waals surface area (Å²) < 4.78 is 9.21. The van der Waals surface area contributed by atoms with E-state index in [0.29, 0.717) is 22.4 Å². The first kappa shape index (κ1) is 21.5. The number of ether oxygens (including phenoxy) is 1. The Morgan fingerprint density at radius 2 is 1.84 bits per heavy atom. The summed E-state index contributed by atoms with van der Waals surface area (Å²) in [6, 6.07) is 6.99. The smallest absolute Gasteiger partial charge is 0.285 e. The zero-order valence-electron chi connectivity index (χ0n) is 17.8. The summed E-state index contributed by atoms with van der Waals surface area (Å²) in [6.07, 6.45) is 6.32. The van der Waals surface area contributed by atoms with Crippen molar-refractivity contribution in [3.05, 3.63) is 67.4 Å². The Bertz CT molecular complexity index is 1290. The number of likely N-dealkylation sites (tertiary alicyclic amines) is 1. The standard InChI is InChI=1S/C23H24Cl2N4O3/c1-27-10-6-16-19(4-3-17(24)20(16)22(27)31)32-15-11-23(12-15)13-28(14-23)8-2-9-29-21(30)18(25)5-7-26-29/h3-7,10,15H,2,8-9,11-14H2,1H3. The van der Waals surface area contributed by atoms with E-state index in [4.69, 9.17) is 27.9 Å². The molecule has 1 aliphatic carbocycles. The van der Waals surface area contributed by atoms with Gasteiger partial charge in [-0.3, -0.25) is 9.59 Å². The van der Waals surface area contributed by atoms with Crippen molar-refractivity contribution in [3.8, 4) is 5.75 Å². The van der Waals surface area contributed by atoms with Gasteiger partial charge in [0.2, 0.25) is 0 Å². The fourth-order valence-corrected chi connectivity index (χ4v) is 5.41. The lowest BCUT2D eigenvalue weighted by Gasteiger charge is -2.58. The number of benzene rings is 1. The normalized spacial score (nSPS) is 18.0. The minimum absolute atomic E-state index is 0.118. The number of nitrogens with zero attached hydrogens (tertiary/aromatic N) is 4. The van der Waals surface area contributed by atoms with Crippen molar-refractivity contribution in [1.29, 1.82) is 0 Å². The predicted molar refractivity (Wildman–Crippen MR) is 125 cm³/mol. The molecule has 0 radical (unpaired) electrons. The van der Waals surface area contributed by atoms with E-state index in [1.54, 1.807) is 25.5 Å². The minimum Gasteiger partial charge on any atom is -0.490 e. The van der Waals surface area contributed by atoms with Gasteiger partial charge in [0.05, 0.1) is 16.5 Å². The Morgan fingerprint density at radius 1 is 1.06 bits per heavy atom. The summed E-state index contributed by atoms with van der Waals surface area (Å²) in [5.74, 6) is 0.720. The molecule has 32 heavy (non-hydrogen) atoms. The second-order valence-electron chi connectivity index (χ2n) is 8.99. The first-order valence-electron chi connectivity index (χ1n) is 10.7. The van der Waals surface area contributed by atoms with Crippen LogP contribution in [0.15, 0.2) is 46.2 Å². The molecule has 3 heterocycles. The van der Waals surface area contributed by atoms with Crippen LogP contribution in [0.4, 0.5) is 0 Å². The second-order valence-corrected chi connectivity index (χ2v) is 9.80. The molecule has 1 aliphatic heterocycles. The van der Waals surface area contributed by atoms with Crippen molar-refractivity contribution in [3.63, 3.8) is 0 Å². The van der Waals surface area contributed by atoms with Crippen LogP contribution < -0.4 is 15.9 Å². The number of hydrogen-bond donors (Lipinski definition) is 0. The van der Waals surface area contributed by atoms with E-state index in [1.807, 2.05) is 12.1 Å². The van der Waals surface area contributed by atoms with E-state index in [1.165, 1.54) is 15.3 Å². The Balaban J connectivity index is 1.13. The van der Waals surface area contributed by atoms with Gasteiger partial charge in [-0.15, -0.1) is 0 Å². The van der Waals surface area contributed by atoms with Crippen LogP contribution >= 0.6 is 23.2 Å². The topological polar surface area (TPSA) is 69.4 Å². The molecule has 7 nitrogen and oxygen atoms in total. The molecule has 2 fully saturated rings. The first-order chi connectivity index (χ1) is 15.3. The summed E-state index contributed by atoms with van der Waals surface area (Å²) >= 11 is 12.1. The molecule has 2 aromatic heterocycles. The fourth-order valence-electron chi connectivity index (χ4n) is 5.01. The number of hydrogen-bond acceptors (Lipinski definition) is 5. The quantitative estimate of drug-likeness (QED) is 0.547. The van der Waals surface area contributed by atoms with Gasteiger partial charge in [0, 0.05) is 49.9 Å². The van der Waals surface area contributed by atoms with Crippen LogP contribution in [0.2, 0.25) is 10.0 Å². The maximum atomic E-state index is 12.5. The summed E-state index contributed by atoms with van der Waals surface area (Å²) in [5, 5.41) is 6.00. The fraction of sp³-hybridized carbons (Fsp3) is 0.435. The van der Waals surface area contributed by atoms with Gasteiger partial charge in [0.25, 0.3) is 11.1 Å². The average Bonchev–Trinajstić information content (AvgIpc) is 2.71. The molecule has 0 N–H and O–H groups in total. The number of halogens is 2. The third-order valence-corrected chi connectivity index (χ3v) is 7.20. The lowest BCUT2D eigenvalue weighted by molar-refractivity contribution is -0.118. The maximum absolute atomic E-state index is 12.5. The molecule has 5 rings (SSSR count). The van der Waals surface area contributed by atoms with Crippen LogP contribution in [0.5, 0.6) is 5.75 Å². The van der Waals surface area contributed by atoms with E-state index in [-0.39, 0.29) is 22.2 Å². The van der Waals surface area contributed by atoms with Crippen LogP contribution in [0, 0.1) is 5.41 Å². The van der Waals surface area contributed by atoms with Gasteiger partial charge in [-0.05, 0) is 50.1 Å². The molecule has 0 bridgehead atoms. The lowest BCUT2D eigenvalue weighted by atomic mass is 9.61.